The monoisotopic (exact) mass is 512 g/mol. The molecule has 7 nitrogen and oxygen atoms in total. The SMILES string of the molecule is CN=C(NCCc1noc(-c2ccccn2)n1)NC(C)C(C)C1CCCCC1.I. The van der Waals surface area contributed by atoms with Crippen LogP contribution < -0.4 is 10.6 Å². The number of guanidine groups is 1. The van der Waals surface area contributed by atoms with Gasteiger partial charge in [-0.05, 0) is 30.9 Å². The summed E-state index contributed by atoms with van der Waals surface area (Å²) < 4.78 is 5.30. The van der Waals surface area contributed by atoms with Crippen molar-refractivity contribution < 1.29 is 4.52 Å². The highest BCUT2D eigenvalue weighted by atomic mass is 127. The van der Waals surface area contributed by atoms with Crippen LogP contribution in [0.25, 0.3) is 11.6 Å². The summed E-state index contributed by atoms with van der Waals surface area (Å²) in [6, 6.07) is 6.00. The minimum Gasteiger partial charge on any atom is -0.356 e. The summed E-state index contributed by atoms with van der Waals surface area (Å²) in [6.07, 6.45) is 9.23. The van der Waals surface area contributed by atoms with Crippen LogP contribution in [-0.2, 0) is 6.42 Å². The number of nitrogens with one attached hydrogen (secondary N) is 2. The van der Waals surface area contributed by atoms with E-state index in [1.165, 1.54) is 32.1 Å². The molecule has 2 heterocycles. The number of hydrogen-bond donors (Lipinski definition) is 2. The molecule has 160 valence electrons. The lowest BCUT2D eigenvalue weighted by Crippen LogP contribution is -2.46. The first-order chi connectivity index (χ1) is 13.7. The summed E-state index contributed by atoms with van der Waals surface area (Å²) in [4.78, 5) is 13.0. The van der Waals surface area contributed by atoms with Gasteiger partial charge in [-0.25, -0.2) is 0 Å². The highest BCUT2D eigenvalue weighted by Gasteiger charge is 2.25. The Labute approximate surface area is 190 Å². The highest BCUT2D eigenvalue weighted by molar-refractivity contribution is 14.0. The third-order valence-corrected chi connectivity index (χ3v) is 5.76. The van der Waals surface area contributed by atoms with E-state index in [2.05, 4.69) is 44.6 Å². The zero-order valence-electron chi connectivity index (χ0n) is 17.6. The van der Waals surface area contributed by atoms with Crippen molar-refractivity contribution in [2.75, 3.05) is 13.6 Å². The summed E-state index contributed by atoms with van der Waals surface area (Å²) in [6.45, 7) is 5.30. The van der Waals surface area contributed by atoms with E-state index in [0.717, 1.165) is 11.9 Å². The van der Waals surface area contributed by atoms with Gasteiger partial charge >= 0.3 is 0 Å². The number of halogens is 1. The third-order valence-electron chi connectivity index (χ3n) is 5.76. The van der Waals surface area contributed by atoms with Gasteiger partial charge in [-0.3, -0.25) is 9.98 Å². The van der Waals surface area contributed by atoms with Gasteiger partial charge in [-0.15, -0.1) is 24.0 Å². The predicted octanol–water partition coefficient (Wildman–Crippen LogP) is 4.06. The second-order valence-electron chi connectivity index (χ2n) is 7.67. The summed E-state index contributed by atoms with van der Waals surface area (Å²) >= 11 is 0. The number of aromatic nitrogens is 3. The van der Waals surface area contributed by atoms with Crippen LogP contribution in [0.2, 0.25) is 0 Å². The molecule has 2 unspecified atom stereocenters. The van der Waals surface area contributed by atoms with Crippen molar-refractivity contribution in [2.45, 2.75) is 58.4 Å². The largest absolute Gasteiger partial charge is 0.356 e. The van der Waals surface area contributed by atoms with E-state index in [4.69, 9.17) is 4.52 Å². The quantitative estimate of drug-likeness (QED) is 0.331. The number of aliphatic imine (C=N–C) groups is 1. The Morgan fingerprint density at radius 2 is 2.03 bits per heavy atom. The second kappa shape index (κ2) is 12.1. The molecular formula is C21H33IN6O. The molecule has 0 bridgehead atoms. The number of hydrogen-bond acceptors (Lipinski definition) is 5. The minimum absolute atomic E-state index is 0. The summed E-state index contributed by atoms with van der Waals surface area (Å²) in [5.41, 5.74) is 0.692. The van der Waals surface area contributed by atoms with Crippen LogP contribution >= 0.6 is 24.0 Å². The van der Waals surface area contributed by atoms with E-state index in [9.17, 15) is 0 Å². The smallest absolute Gasteiger partial charge is 0.276 e. The third kappa shape index (κ3) is 6.94. The van der Waals surface area contributed by atoms with Crippen molar-refractivity contribution >= 4 is 29.9 Å². The first kappa shape index (κ1) is 23.6. The highest BCUT2D eigenvalue weighted by Crippen LogP contribution is 2.31. The Bertz CT molecular complexity index is 745. The molecule has 3 rings (SSSR count). The molecule has 8 heteroatoms. The normalized spacial score (nSPS) is 17.3. The molecule has 2 atom stereocenters. The Morgan fingerprint density at radius 1 is 1.24 bits per heavy atom. The van der Waals surface area contributed by atoms with Crippen molar-refractivity contribution in [3.8, 4) is 11.6 Å². The van der Waals surface area contributed by atoms with Crippen LogP contribution in [0.15, 0.2) is 33.9 Å². The fraction of sp³-hybridized carbons (Fsp3) is 0.619. The Balaban J connectivity index is 0.00000300. The van der Waals surface area contributed by atoms with Gasteiger partial charge in [0.05, 0.1) is 0 Å². The zero-order valence-corrected chi connectivity index (χ0v) is 19.9. The van der Waals surface area contributed by atoms with E-state index < -0.39 is 0 Å². The molecule has 0 saturated heterocycles. The molecule has 0 spiro atoms. The van der Waals surface area contributed by atoms with E-state index >= 15 is 0 Å². The lowest BCUT2D eigenvalue weighted by Gasteiger charge is -2.32. The maximum absolute atomic E-state index is 5.30. The summed E-state index contributed by atoms with van der Waals surface area (Å²) in [5.74, 6) is 3.39. The van der Waals surface area contributed by atoms with Gasteiger partial charge in [0.2, 0.25) is 0 Å². The maximum atomic E-state index is 5.30. The average Bonchev–Trinajstić information content (AvgIpc) is 3.22. The van der Waals surface area contributed by atoms with Crippen LogP contribution in [-0.4, -0.2) is 40.7 Å². The van der Waals surface area contributed by atoms with Crippen molar-refractivity contribution in [1.29, 1.82) is 0 Å². The fourth-order valence-corrected chi connectivity index (χ4v) is 3.85. The van der Waals surface area contributed by atoms with Crippen LogP contribution in [0.1, 0.15) is 51.8 Å². The standard InChI is InChI=1S/C21H32N6O.HI/c1-15(17-9-5-4-6-10-17)16(2)25-21(22-3)24-14-12-19-26-20(28-27-19)18-11-7-8-13-23-18;/h7-8,11,13,15-17H,4-6,9-10,12,14H2,1-3H3,(H2,22,24,25);1H. The zero-order chi connectivity index (χ0) is 19.8. The van der Waals surface area contributed by atoms with Crippen molar-refractivity contribution in [1.82, 2.24) is 25.8 Å². The Morgan fingerprint density at radius 3 is 2.72 bits per heavy atom. The van der Waals surface area contributed by atoms with Gasteiger partial charge in [0.25, 0.3) is 5.89 Å². The van der Waals surface area contributed by atoms with Gasteiger partial charge in [-0.1, -0.05) is 50.3 Å². The number of rotatable bonds is 7. The first-order valence-electron chi connectivity index (χ1n) is 10.4. The molecule has 0 aromatic carbocycles. The molecule has 1 saturated carbocycles. The van der Waals surface area contributed by atoms with Crippen molar-refractivity contribution in [2.24, 2.45) is 16.8 Å². The van der Waals surface area contributed by atoms with Gasteiger partial charge in [0.15, 0.2) is 11.8 Å². The molecule has 1 fully saturated rings. The second-order valence-corrected chi connectivity index (χ2v) is 7.67. The van der Waals surface area contributed by atoms with Gasteiger partial charge in [-0.2, -0.15) is 4.98 Å². The maximum Gasteiger partial charge on any atom is 0.276 e. The molecule has 1 aliphatic carbocycles. The van der Waals surface area contributed by atoms with Crippen molar-refractivity contribution in [3.63, 3.8) is 0 Å². The summed E-state index contributed by atoms with van der Waals surface area (Å²) in [7, 11) is 1.81. The fourth-order valence-electron chi connectivity index (χ4n) is 3.85. The van der Waals surface area contributed by atoms with E-state index in [0.29, 0.717) is 42.3 Å². The van der Waals surface area contributed by atoms with Crippen LogP contribution in [0, 0.1) is 11.8 Å². The average molecular weight is 512 g/mol. The lowest BCUT2D eigenvalue weighted by molar-refractivity contribution is 0.229. The molecule has 0 amide bonds. The number of nitrogens with zero attached hydrogens (tertiary/aromatic N) is 4. The van der Waals surface area contributed by atoms with Crippen molar-refractivity contribution in [3.05, 3.63) is 30.2 Å². The van der Waals surface area contributed by atoms with E-state index in [1.54, 1.807) is 13.2 Å². The minimum atomic E-state index is 0. The van der Waals surface area contributed by atoms with E-state index in [-0.39, 0.29) is 24.0 Å². The molecule has 0 radical (unpaired) electrons. The topological polar surface area (TPSA) is 88.2 Å². The first-order valence-corrected chi connectivity index (χ1v) is 10.4. The number of pyridine rings is 1. The molecule has 29 heavy (non-hydrogen) atoms. The van der Waals surface area contributed by atoms with E-state index in [1.807, 2.05) is 18.2 Å². The lowest BCUT2D eigenvalue weighted by atomic mass is 9.78. The molecule has 1 aliphatic rings. The van der Waals surface area contributed by atoms with Crippen LogP contribution in [0.5, 0.6) is 0 Å². The van der Waals surface area contributed by atoms with Crippen LogP contribution in [0.3, 0.4) is 0 Å². The molecule has 2 aromatic rings. The Kier molecular flexibility index (Phi) is 9.83. The van der Waals surface area contributed by atoms with Gasteiger partial charge in [0, 0.05) is 32.3 Å². The molecule has 2 aromatic heterocycles. The molecule has 0 aliphatic heterocycles. The summed E-state index contributed by atoms with van der Waals surface area (Å²) in [5, 5.41) is 10.9. The molecule has 2 N–H and O–H groups in total. The predicted molar refractivity (Wildman–Crippen MR) is 126 cm³/mol. The Hall–Kier alpha value is -1.71. The van der Waals surface area contributed by atoms with Gasteiger partial charge < -0.3 is 15.2 Å². The van der Waals surface area contributed by atoms with Crippen LogP contribution in [0.4, 0.5) is 0 Å². The van der Waals surface area contributed by atoms with Gasteiger partial charge in [0.1, 0.15) is 5.69 Å². The molecular weight excluding hydrogens is 479 g/mol.